The molecule has 0 radical (unpaired) electrons. The highest BCUT2D eigenvalue weighted by Gasteiger charge is 2.18. The first-order chi connectivity index (χ1) is 9.96. The van der Waals surface area contributed by atoms with Gasteiger partial charge in [0, 0.05) is 11.3 Å². The second-order valence-corrected chi connectivity index (χ2v) is 7.47. The highest BCUT2D eigenvalue weighted by molar-refractivity contribution is 7.94. The first-order valence-corrected chi connectivity index (χ1v) is 8.64. The topological polar surface area (TPSA) is 88.5 Å². The molecule has 1 aromatic heterocycles. The molecule has 2 N–H and O–H groups in total. The first-order valence-electron chi connectivity index (χ1n) is 5.97. The van der Waals surface area contributed by atoms with E-state index in [-0.39, 0.29) is 15.3 Å². The molecule has 0 spiro atoms. The number of hydrogen-bond acceptors (Lipinski definition) is 6. The number of aliphatic hydroxyl groups excluding tert-OH is 1. The fourth-order valence-electron chi connectivity index (χ4n) is 1.63. The Hall–Kier alpha value is -1.35. The maximum atomic E-state index is 12.1. The number of aromatic nitrogens is 1. The van der Waals surface area contributed by atoms with Crippen molar-refractivity contribution in [2.24, 2.45) is 0 Å². The van der Waals surface area contributed by atoms with Gasteiger partial charge in [-0.2, -0.15) is 0 Å². The molecule has 1 heterocycles. The Labute approximate surface area is 131 Å². The van der Waals surface area contributed by atoms with Crippen molar-refractivity contribution < 1.29 is 18.3 Å². The van der Waals surface area contributed by atoms with Crippen LogP contribution in [0.25, 0.3) is 0 Å². The summed E-state index contributed by atoms with van der Waals surface area (Å²) >= 11 is 6.50. The van der Waals surface area contributed by atoms with Gasteiger partial charge in [0.1, 0.15) is 5.75 Å². The Morgan fingerprint density at radius 1 is 1.48 bits per heavy atom. The van der Waals surface area contributed by atoms with E-state index in [9.17, 15) is 13.5 Å². The Morgan fingerprint density at radius 2 is 2.24 bits per heavy atom. The van der Waals surface area contributed by atoms with E-state index in [1.54, 1.807) is 12.1 Å². The van der Waals surface area contributed by atoms with Crippen molar-refractivity contribution in [3.05, 3.63) is 34.4 Å². The SMILES string of the molecule is CCOc1ccc(NS(=O)(=O)c2cnc(Cl)s2)cc1CO. The van der Waals surface area contributed by atoms with Crippen LogP contribution in [0.1, 0.15) is 12.5 Å². The predicted molar refractivity (Wildman–Crippen MR) is 81.5 cm³/mol. The number of nitrogens with one attached hydrogen (secondary N) is 1. The van der Waals surface area contributed by atoms with E-state index in [0.29, 0.717) is 23.6 Å². The smallest absolute Gasteiger partial charge is 0.273 e. The normalized spacial score (nSPS) is 11.4. The van der Waals surface area contributed by atoms with Crippen molar-refractivity contribution in [2.45, 2.75) is 17.7 Å². The zero-order valence-corrected chi connectivity index (χ0v) is 13.4. The fraction of sp³-hybridized carbons (Fsp3) is 0.250. The summed E-state index contributed by atoms with van der Waals surface area (Å²) in [5, 5.41) is 9.31. The minimum Gasteiger partial charge on any atom is -0.494 e. The average molecular weight is 349 g/mol. The number of rotatable bonds is 6. The van der Waals surface area contributed by atoms with Gasteiger partial charge in [0.25, 0.3) is 10.0 Å². The van der Waals surface area contributed by atoms with Crippen LogP contribution in [0, 0.1) is 0 Å². The van der Waals surface area contributed by atoms with E-state index in [4.69, 9.17) is 16.3 Å². The summed E-state index contributed by atoms with van der Waals surface area (Å²) in [7, 11) is -3.74. The lowest BCUT2D eigenvalue weighted by Crippen LogP contribution is -2.12. The van der Waals surface area contributed by atoms with Gasteiger partial charge in [0.05, 0.1) is 19.4 Å². The van der Waals surface area contributed by atoms with Crippen LogP contribution in [-0.2, 0) is 16.6 Å². The second kappa shape index (κ2) is 6.61. The number of benzene rings is 1. The molecule has 2 rings (SSSR count). The minimum atomic E-state index is -3.74. The zero-order chi connectivity index (χ0) is 15.5. The Balaban J connectivity index is 2.27. The van der Waals surface area contributed by atoms with E-state index in [1.165, 1.54) is 12.3 Å². The summed E-state index contributed by atoms with van der Waals surface area (Å²) in [6, 6.07) is 4.68. The molecule has 2 aromatic rings. The molecule has 21 heavy (non-hydrogen) atoms. The largest absolute Gasteiger partial charge is 0.494 e. The van der Waals surface area contributed by atoms with Crippen LogP contribution in [0.5, 0.6) is 5.75 Å². The van der Waals surface area contributed by atoms with E-state index in [1.807, 2.05) is 6.92 Å². The molecule has 0 aliphatic heterocycles. The van der Waals surface area contributed by atoms with Gasteiger partial charge in [-0.15, -0.1) is 0 Å². The van der Waals surface area contributed by atoms with Gasteiger partial charge in [-0.05, 0) is 25.1 Å². The molecule has 0 saturated heterocycles. The van der Waals surface area contributed by atoms with Gasteiger partial charge >= 0.3 is 0 Å². The van der Waals surface area contributed by atoms with Gasteiger partial charge in [-0.25, -0.2) is 13.4 Å². The number of sulfonamides is 1. The highest BCUT2D eigenvalue weighted by Crippen LogP contribution is 2.27. The van der Waals surface area contributed by atoms with Crippen molar-refractivity contribution in [2.75, 3.05) is 11.3 Å². The number of thiazole rings is 1. The quantitative estimate of drug-likeness (QED) is 0.837. The van der Waals surface area contributed by atoms with E-state index in [0.717, 1.165) is 11.3 Å². The molecular weight excluding hydrogens is 336 g/mol. The minimum absolute atomic E-state index is 0.0203. The molecule has 0 aliphatic carbocycles. The third-order valence-electron chi connectivity index (χ3n) is 2.50. The van der Waals surface area contributed by atoms with Crippen LogP contribution in [0.2, 0.25) is 4.47 Å². The lowest BCUT2D eigenvalue weighted by molar-refractivity contribution is 0.267. The molecule has 0 aliphatic rings. The molecule has 0 fully saturated rings. The van der Waals surface area contributed by atoms with Crippen molar-refractivity contribution in [1.82, 2.24) is 4.98 Å². The summed E-state index contributed by atoms with van der Waals surface area (Å²) in [5.41, 5.74) is 0.825. The Morgan fingerprint density at radius 3 is 2.81 bits per heavy atom. The van der Waals surface area contributed by atoms with Gasteiger partial charge in [-0.3, -0.25) is 4.72 Å². The van der Waals surface area contributed by atoms with Crippen molar-refractivity contribution >= 4 is 38.6 Å². The number of anilines is 1. The molecule has 0 bridgehead atoms. The second-order valence-electron chi connectivity index (χ2n) is 3.95. The van der Waals surface area contributed by atoms with E-state index < -0.39 is 10.0 Å². The Kier molecular flexibility index (Phi) is 5.04. The molecule has 0 amide bonds. The molecule has 0 saturated carbocycles. The summed E-state index contributed by atoms with van der Waals surface area (Å²) < 4.78 is 32.2. The highest BCUT2D eigenvalue weighted by atomic mass is 35.5. The molecule has 114 valence electrons. The average Bonchev–Trinajstić information content (AvgIpc) is 2.88. The molecule has 6 nitrogen and oxygen atoms in total. The fourth-order valence-corrected chi connectivity index (χ4v) is 3.97. The maximum Gasteiger partial charge on any atom is 0.273 e. The molecule has 9 heteroatoms. The first kappa shape index (κ1) is 16.0. The van der Waals surface area contributed by atoms with Gasteiger partial charge in [-0.1, -0.05) is 22.9 Å². The number of nitrogens with zero attached hydrogens (tertiary/aromatic N) is 1. The van der Waals surface area contributed by atoms with Crippen molar-refractivity contribution in [3.63, 3.8) is 0 Å². The zero-order valence-electron chi connectivity index (χ0n) is 11.0. The van der Waals surface area contributed by atoms with E-state index >= 15 is 0 Å². The summed E-state index contributed by atoms with van der Waals surface area (Å²) in [6.45, 7) is 2.03. The molecule has 0 atom stereocenters. The lowest BCUT2D eigenvalue weighted by atomic mass is 10.2. The lowest BCUT2D eigenvalue weighted by Gasteiger charge is -2.11. The van der Waals surface area contributed by atoms with Crippen LogP contribution in [-0.4, -0.2) is 25.1 Å². The van der Waals surface area contributed by atoms with Gasteiger partial charge in [0.2, 0.25) is 0 Å². The summed E-state index contributed by atoms with van der Waals surface area (Å²) in [5.74, 6) is 0.517. The van der Waals surface area contributed by atoms with Crippen LogP contribution in [0.4, 0.5) is 5.69 Å². The standard InChI is InChI=1S/C12H13ClN2O4S2/c1-2-19-10-4-3-9(5-8(10)7-16)15-21(17,18)11-6-14-12(13)20-11/h3-6,15-16H,2,7H2,1H3. The summed E-state index contributed by atoms with van der Waals surface area (Å²) in [6.07, 6.45) is 1.19. The molecular formula is C12H13ClN2O4S2. The van der Waals surface area contributed by atoms with E-state index in [2.05, 4.69) is 9.71 Å². The number of ether oxygens (including phenoxy) is 1. The van der Waals surface area contributed by atoms with Crippen molar-refractivity contribution in [3.8, 4) is 5.75 Å². The third-order valence-corrected chi connectivity index (χ3v) is 5.46. The number of aliphatic hydroxyl groups is 1. The van der Waals surface area contributed by atoms with Gasteiger partial charge < -0.3 is 9.84 Å². The predicted octanol–water partition coefficient (Wildman–Crippen LogP) is 2.49. The van der Waals surface area contributed by atoms with Crippen LogP contribution in [0.15, 0.2) is 28.6 Å². The van der Waals surface area contributed by atoms with Crippen LogP contribution in [0.3, 0.4) is 0 Å². The Bertz CT molecular complexity index is 731. The molecule has 0 unspecified atom stereocenters. The molecule has 1 aromatic carbocycles. The third kappa shape index (κ3) is 3.85. The van der Waals surface area contributed by atoms with Gasteiger partial charge in [0.15, 0.2) is 8.68 Å². The van der Waals surface area contributed by atoms with Crippen LogP contribution < -0.4 is 9.46 Å². The number of halogens is 1. The summed E-state index contributed by atoms with van der Waals surface area (Å²) in [4.78, 5) is 3.70. The number of hydrogen-bond donors (Lipinski definition) is 2. The van der Waals surface area contributed by atoms with Crippen molar-refractivity contribution in [1.29, 1.82) is 0 Å². The monoisotopic (exact) mass is 348 g/mol. The van der Waals surface area contributed by atoms with Crippen LogP contribution >= 0.6 is 22.9 Å². The maximum absolute atomic E-state index is 12.1.